The summed E-state index contributed by atoms with van der Waals surface area (Å²) >= 11 is 6.20. The Morgan fingerprint density at radius 2 is 2.06 bits per heavy atom. The highest BCUT2D eigenvalue weighted by molar-refractivity contribution is 6.33. The van der Waals surface area contributed by atoms with Crippen LogP contribution in [0.2, 0.25) is 5.02 Å². The predicted molar refractivity (Wildman–Crippen MR) is 129 cm³/mol. The van der Waals surface area contributed by atoms with Crippen molar-refractivity contribution in [3.63, 3.8) is 0 Å². The summed E-state index contributed by atoms with van der Waals surface area (Å²) in [5, 5.41) is 16.6. The molecule has 3 aromatic rings. The number of halogens is 1. The van der Waals surface area contributed by atoms with E-state index in [2.05, 4.69) is 37.7 Å². The van der Waals surface area contributed by atoms with Crippen molar-refractivity contribution in [2.75, 3.05) is 17.7 Å². The summed E-state index contributed by atoms with van der Waals surface area (Å²) in [6.45, 7) is 9.26. The minimum atomic E-state index is -0.546. The number of benzene rings is 1. The van der Waals surface area contributed by atoms with E-state index in [-0.39, 0.29) is 34.8 Å². The highest BCUT2D eigenvalue weighted by atomic mass is 35.5. The molecule has 4 N–H and O–H groups in total. The third-order valence-electron chi connectivity index (χ3n) is 4.64. The van der Waals surface area contributed by atoms with Crippen LogP contribution >= 0.6 is 11.6 Å². The molecule has 9 nitrogen and oxygen atoms in total. The molecule has 0 aliphatic heterocycles. The number of ether oxygens (including phenoxy) is 1. The topological polar surface area (TPSA) is 121 Å². The lowest BCUT2D eigenvalue weighted by Gasteiger charge is -2.18. The Balaban J connectivity index is 2.04. The average Bonchev–Trinajstić information content (AvgIpc) is 3.21. The van der Waals surface area contributed by atoms with Crippen LogP contribution in [-0.2, 0) is 9.53 Å². The number of anilines is 2. The van der Waals surface area contributed by atoms with Gasteiger partial charge in [-0.25, -0.2) is 4.98 Å². The molecule has 2 amide bonds. The quantitative estimate of drug-likeness (QED) is 0.224. The summed E-state index contributed by atoms with van der Waals surface area (Å²) in [4.78, 5) is 30.5. The highest BCUT2D eigenvalue weighted by Crippen LogP contribution is 2.30. The van der Waals surface area contributed by atoms with Crippen LogP contribution in [0.1, 0.15) is 29.8 Å². The highest BCUT2D eigenvalue weighted by Gasteiger charge is 2.23. The second kappa shape index (κ2) is 10.2. The molecule has 0 saturated heterocycles. The Kier molecular flexibility index (Phi) is 7.34. The van der Waals surface area contributed by atoms with E-state index in [1.54, 1.807) is 31.5 Å². The molecule has 2 aromatic heterocycles. The van der Waals surface area contributed by atoms with Crippen molar-refractivity contribution in [1.29, 1.82) is 0 Å². The molecule has 0 radical (unpaired) electrons. The van der Waals surface area contributed by atoms with E-state index in [1.807, 2.05) is 19.9 Å². The third kappa shape index (κ3) is 5.50. The van der Waals surface area contributed by atoms with Gasteiger partial charge in [0.25, 0.3) is 11.8 Å². The number of carbonyl (C=O) groups excluding carboxylic acids is 2. The Morgan fingerprint density at radius 1 is 1.30 bits per heavy atom. The van der Waals surface area contributed by atoms with Crippen LogP contribution in [0.4, 0.5) is 11.5 Å². The maximum absolute atomic E-state index is 13.3. The van der Waals surface area contributed by atoms with Gasteiger partial charge in [0.2, 0.25) is 0 Å². The van der Waals surface area contributed by atoms with Crippen LogP contribution in [0, 0.1) is 6.92 Å². The number of amides is 2. The average molecular weight is 469 g/mol. The zero-order chi connectivity index (χ0) is 24.1. The lowest BCUT2D eigenvalue weighted by molar-refractivity contribution is -0.112. The van der Waals surface area contributed by atoms with E-state index in [0.717, 1.165) is 5.39 Å². The number of hydrogen-bond donors (Lipinski definition) is 4. The van der Waals surface area contributed by atoms with Crippen molar-refractivity contribution in [3.05, 3.63) is 70.9 Å². The first-order valence-electron chi connectivity index (χ1n) is 10.1. The second-order valence-electron chi connectivity index (χ2n) is 7.55. The van der Waals surface area contributed by atoms with E-state index in [1.165, 1.54) is 13.2 Å². The second-order valence-corrected chi connectivity index (χ2v) is 7.95. The van der Waals surface area contributed by atoms with Crippen LogP contribution in [0.5, 0.6) is 0 Å². The molecule has 33 heavy (non-hydrogen) atoms. The van der Waals surface area contributed by atoms with Gasteiger partial charge in [-0.15, -0.1) is 0 Å². The Labute approximate surface area is 196 Å². The van der Waals surface area contributed by atoms with Gasteiger partial charge in [-0.1, -0.05) is 18.2 Å². The Bertz CT molecular complexity index is 1250. The molecule has 0 atom stereocenters. The van der Waals surface area contributed by atoms with Gasteiger partial charge in [0.1, 0.15) is 17.3 Å². The van der Waals surface area contributed by atoms with Gasteiger partial charge in [0.05, 0.1) is 35.1 Å². The third-order valence-corrected chi connectivity index (χ3v) is 4.95. The minimum Gasteiger partial charge on any atom is -0.497 e. The fourth-order valence-electron chi connectivity index (χ4n) is 3.12. The summed E-state index contributed by atoms with van der Waals surface area (Å²) in [5.41, 5.74) is 1.90. The molecule has 10 heteroatoms. The molecule has 0 aliphatic rings. The van der Waals surface area contributed by atoms with Crippen molar-refractivity contribution < 1.29 is 14.3 Å². The van der Waals surface area contributed by atoms with Crippen molar-refractivity contribution in [2.24, 2.45) is 0 Å². The largest absolute Gasteiger partial charge is 0.497 e. The lowest BCUT2D eigenvalue weighted by atomic mass is 10.0. The SMILES string of the molecule is C=C(/C=C(\Nc1ncccc1Cl)C(=O)Nc1c(C)cc2cn[nH]c2c1C(=O)NC(C)C)OC. The first-order valence-corrected chi connectivity index (χ1v) is 10.5. The molecule has 0 bridgehead atoms. The number of aromatic amines is 1. The van der Waals surface area contributed by atoms with Gasteiger partial charge < -0.3 is 20.7 Å². The smallest absolute Gasteiger partial charge is 0.272 e. The number of pyridine rings is 1. The fourth-order valence-corrected chi connectivity index (χ4v) is 3.29. The molecule has 0 unspecified atom stereocenters. The maximum atomic E-state index is 13.3. The van der Waals surface area contributed by atoms with Crippen molar-refractivity contribution >= 4 is 45.8 Å². The summed E-state index contributed by atoms with van der Waals surface area (Å²) in [6, 6.07) is 5.05. The minimum absolute atomic E-state index is 0.0711. The fraction of sp³-hybridized carbons (Fsp3) is 0.217. The number of aryl methyl sites for hydroxylation is 1. The number of nitrogens with one attached hydrogen (secondary N) is 4. The normalized spacial score (nSPS) is 11.4. The summed E-state index contributed by atoms with van der Waals surface area (Å²) in [5.74, 6) is -0.373. The van der Waals surface area contributed by atoms with Gasteiger partial charge in [-0.3, -0.25) is 14.7 Å². The van der Waals surface area contributed by atoms with Crippen LogP contribution in [0.3, 0.4) is 0 Å². The van der Waals surface area contributed by atoms with Crippen LogP contribution in [0.15, 0.2) is 54.7 Å². The first-order chi connectivity index (χ1) is 15.7. The number of methoxy groups -OCH3 is 1. The molecule has 172 valence electrons. The van der Waals surface area contributed by atoms with Crippen LogP contribution in [-0.4, -0.2) is 40.1 Å². The number of carbonyl (C=O) groups is 2. The maximum Gasteiger partial charge on any atom is 0.272 e. The number of fused-ring (bicyclic) bond motifs is 1. The number of aromatic nitrogens is 3. The standard InChI is InChI=1S/C23H25ClN6O3/c1-12(2)27-23(32)18-19(13(3)9-15-11-26-30-20(15)18)29-22(31)17(10-14(4)33-5)28-21-16(24)7-6-8-25-21/h6-12H,4H2,1-3,5H3,(H,25,28)(H,26,30)(H,27,32)(H,29,31)/b17-10-. The van der Waals surface area contributed by atoms with E-state index in [9.17, 15) is 9.59 Å². The molecule has 0 saturated carbocycles. The lowest BCUT2D eigenvalue weighted by Crippen LogP contribution is -2.32. The molecule has 0 spiro atoms. The number of allylic oxidation sites excluding steroid dienone is 1. The predicted octanol–water partition coefficient (Wildman–Crippen LogP) is 4.15. The zero-order valence-corrected chi connectivity index (χ0v) is 19.5. The van der Waals surface area contributed by atoms with Crippen LogP contribution < -0.4 is 16.0 Å². The monoisotopic (exact) mass is 468 g/mol. The van der Waals surface area contributed by atoms with E-state index in [0.29, 0.717) is 21.8 Å². The molecule has 0 fully saturated rings. The number of rotatable bonds is 8. The zero-order valence-electron chi connectivity index (χ0n) is 18.7. The molecule has 3 rings (SSSR count). The molecular formula is C23H25ClN6O3. The van der Waals surface area contributed by atoms with Crippen molar-refractivity contribution in [1.82, 2.24) is 20.5 Å². The van der Waals surface area contributed by atoms with Crippen molar-refractivity contribution in [3.8, 4) is 0 Å². The number of hydrogen-bond acceptors (Lipinski definition) is 6. The van der Waals surface area contributed by atoms with E-state index >= 15 is 0 Å². The van der Waals surface area contributed by atoms with Crippen molar-refractivity contribution in [2.45, 2.75) is 26.8 Å². The molecule has 2 heterocycles. The van der Waals surface area contributed by atoms with Gasteiger partial charge in [-0.05, 0) is 44.5 Å². The van der Waals surface area contributed by atoms with Gasteiger partial charge in [-0.2, -0.15) is 5.10 Å². The summed E-state index contributed by atoms with van der Waals surface area (Å²) < 4.78 is 5.10. The van der Waals surface area contributed by atoms with E-state index in [4.69, 9.17) is 16.3 Å². The Morgan fingerprint density at radius 3 is 2.73 bits per heavy atom. The number of nitrogens with zero attached hydrogens (tertiary/aromatic N) is 2. The molecular weight excluding hydrogens is 444 g/mol. The van der Waals surface area contributed by atoms with Gasteiger partial charge in [0.15, 0.2) is 0 Å². The van der Waals surface area contributed by atoms with Crippen LogP contribution in [0.25, 0.3) is 10.9 Å². The summed E-state index contributed by atoms with van der Waals surface area (Å²) in [7, 11) is 1.44. The summed E-state index contributed by atoms with van der Waals surface area (Å²) in [6.07, 6.45) is 4.58. The first kappa shape index (κ1) is 23.8. The van der Waals surface area contributed by atoms with Gasteiger partial charge in [0, 0.05) is 23.7 Å². The van der Waals surface area contributed by atoms with E-state index < -0.39 is 5.91 Å². The van der Waals surface area contributed by atoms with Gasteiger partial charge >= 0.3 is 0 Å². The molecule has 0 aliphatic carbocycles. The Hall–Kier alpha value is -3.85. The molecule has 1 aromatic carbocycles. The number of H-pyrrole nitrogens is 1.